The summed E-state index contributed by atoms with van der Waals surface area (Å²) in [5.41, 5.74) is 3.80. The maximum Gasteiger partial charge on any atom is 0.264 e. The van der Waals surface area contributed by atoms with E-state index in [-0.39, 0.29) is 23.4 Å². The lowest BCUT2D eigenvalue weighted by atomic mass is 10.1. The molecular formula is C32H41N3O5S. The predicted molar refractivity (Wildman–Crippen MR) is 163 cm³/mol. The Morgan fingerprint density at radius 3 is 2.10 bits per heavy atom. The number of nitrogens with zero attached hydrogens (tertiary/aromatic N) is 2. The Hall–Kier alpha value is -3.85. The van der Waals surface area contributed by atoms with Gasteiger partial charge in [-0.25, -0.2) is 8.42 Å². The van der Waals surface area contributed by atoms with Crippen molar-refractivity contribution in [3.63, 3.8) is 0 Å². The maximum atomic E-state index is 14.2. The van der Waals surface area contributed by atoms with Gasteiger partial charge in [0, 0.05) is 12.6 Å². The number of sulfonamides is 1. The van der Waals surface area contributed by atoms with Crippen molar-refractivity contribution in [1.29, 1.82) is 0 Å². The van der Waals surface area contributed by atoms with E-state index in [0.717, 1.165) is 26.6 Å². The zero-order valence-electron chi connectivity index (χ0n) is 25.0. The fourth-order valence-corrected chi connectivity index (χ4v) is 6.13. The maximum absolute atomic E-state index is 14.2. The van der Waals surface area contributed by atoms with Crippen molar-refractivity contribution in [2.75, 3.05) is 18.0 Å². The molecule has 0 saturated carbocycles. The number of carbonyl (C=O) groups excluding carboxylic acids is 2. The van der Waals surface area contributed by atoms with Gasteiger partial charge in [-0.2, -0.15) is 0 Å². The van der Waals surface area contributed by atoms with Gasteiger partial charge in [-0.1, -0.05) is 42.8 Å². The van der Waals surface area contributed by atoms with Crippen LogP contribution in [0.5, 0.6) is 5.75 Å². The molecule has 1 atom stereocenters. The molecule has 220 valence electrons. The molecule has 0 aliphatic rings. The Morgan fingerprint density at radius 1 is 0.902 bits per heavy atom. The van der Waals surface area contributed by atoms with Gasteiger partial charge in [0.05, 0.1) is 17.7 Å². The van der Waals surface area contributed by atoms with E-state index in [1.54, 1.807) is 55.6 Å². The molecule has 0 aromatic heterocycles. The summed E-state index contributed by atoms with van der Waals surface area (Å²) in [6.07, 6.45) is 0.350. The topological polar surface area (TPSA) is 96.0 Å². The van der Waals surface area contributed by atoms with Crippen molar-refractivity contribution in [3.05, 3.63) is 89.0 Å². The Labute approximate surface area is 244 Å². The minimum Gasteiger partial charge on any atom is -0.497 e. The quantitative estimate of drug-likeness (QED) is 0.320. The van der Waals surface area contributed by atoms with Gasteiger partial charge in [0.15, 0.2) is 0 Å². The van der Waals surface area contributed by atoms with Gasteiger partial charge in [0.1, 0.15) is 18.3 Å². The van der Waals surface area contributed by atoms with Gasteiger partial charge in [-0.05, 0) is 94.1 Å². The van der Waals surface area contributed by atoms with Crippen LogP contribution >= 0.6 is 0 Å². The van der Waals surface area contributed by atoms with Crippen LogP contribution in [0.25, 0.3) is 0 Å². The van der Waals surface area contributed by atoms with Crippen molar-refractivity contribution in [2.24, 2.45) is 0 Å². The van der Waals surface area contributed by atoms with E-state index < -0.39 is 28.5 Å². The monoisotopic (exact) mass is 579 g/mol. The molecule has 2 amide bonds. The fraction of sp³-hybridized carbons (Fsp3) is 0.375. The normalized spacial score (nSPS) is 12.1. The average Bonchev–Trinajstić information content (AvgIpc) is 2.90. The fourth-order valence-electron chi connectivity index (χ4n) is 4.73. The number of ether oxygens (including phenoxy) is 1. The SMILES string of the molecule is CC[C@@H](C(=O)NC(C)C)N(Cc1cccc(OC)c1)C(=O)CN(c1cc(C)cc(C)c1)S(=O)(=O)c1ccc(C)cc1. The summed E-state index contributed by atoms with van der Waals surface area (Å²) in [6.45, 7) is 10.8. The summed E-state index contributed by atoms with van der Waals surface area (Å²) >= 11 is 0. The number of carbonyl (C=O) groups is 2. The summed E-state index contributed by atoms with van der Waals surface area (Å²) in [5.74, 6) is -0.167. The van der Waals surface area contributed by atoms with Crippen molar-refractivity contribution >= 4 is 27.5 Å². The van der Waals surface area contributed by atoms with Crippen molar-refractivity contribution in [2.45, 2.75) is 71.5 Å². The molecule has 0 spiro atoms. The lowest BCUT2D eigenvalue weighted by molar-refractivity contribution is -0.140. The molecule has 1 N–H and O–H groups in total. The Morgan fingerprint density at radius 2 is 1.54 bits per heavy atom. The molecule has 3 aromatic rings. The van der Waals surface area contributed by atoms with Crippen LogP contribution in [0.2, 0.25) is 0 Å². The summed E-state index contributed by atoms with van der Waals surface area (Å²) in [7, 11) is -2.56. The molecular weight excluding hydrogens is 538 g/mol. The van der Waals surface area contributed by atoms with Gasteiger partial charge in [0.2, 0.25) is 11.8 Å². The molecule has 41 heavy (non-hydrogen) atoms. The molecule has 3 rings (SSSR count). The number of methoxy groups -OCH3 is 1. The molecule has 0 aliphatic heterocycles. The number of hydrogen-bond acceptors (Lipinski definition) is 5. The molecule has 0 heterocycles. The smallest absolute Gasteiger partial charge is 0.264 e. The van der Waals surface area contributed by atoms with Crippen LogP contribution in [0.4, 0.5) is 5.69 Å². The lowest BCUT2D eigenvalue weighted by Gasteiger charge is -2.33. The van der Waals surface area contributed by atoms with Gasteiger partial charge in [0.25, 0.3) is 10.0 Å². The number of benzene rings is 3. The highest BCUT2D eigenvalue weighted by Gasteiger charge is 2.34. The molecule has 0 unspecified atom stereocenters. The van der Waals surface area contributed by atoms with Crippen LogP contribution in [0.15, 0.2) is 71.6 Å². The van der Waals surface area contributed by atoms with E-state index in [1.165, 1.54) is 4.90 Å². The second-order valence-electron chi connectivity index (χ2n) is 10.6. The highest BCUT2D eigenvalue weighted by atomic mass is 32.2. The largest absolute Gasteiger partial charge is 0.497 e. The second kappa shape index (κ2) is 13.7. The summed E-state index contributed by atoms with van der Waals surface area (Å²) in [6, 6.07) is 18.3. The summed E-state index contributed by atoms with van der Waals surface area (Å²) in [4.78, 5) is 29.0. The second-order valence-corrected chi connectivity index (χ2v) is 12.5. The van der Waals surface area contributed by atoms with Crippen LogP contribution in [0.1, 0.15) is 49.4 Å². The molecule has 0 bridgehead atoms. The molecule has 0 aliphatic carbocycles. The number of anilines is 1. The third-order valence-electron chi connectivity index (χ3n) is 6.69. The molecule has 3 aromatic carbocycles. The lowest BCUT2D eigenvalue weighted by Crippen LogP contribution is -2.53. The van der Waals surface area contributed by atoms with Gasteiger partial charge in [-0.3, -0.25) is 13.9 Å². The number of nitrogens with one attached hydrogen (secondary N) is 1. The van der Waals surface area contributed by atoms with E-state index in [0.29, 0.717) is 17.9 Å². The first kappa shape index (κ1) is 31.7. The molecule has 9 heteroatoms. The first-order chi connectivity index (χ1) is 19.3. The molecule has 0 fully saturated rings. The standard InChI is InChI=1S/C32H41N3O5S/c1-8-30(32(37)33-22(2)3)34(20-26-10-9-11-28(19-26)40-7)31(36)21-35(27-17-24(5)16-25(6)18-27)41(38,39)29-14-12-23(4)13-15-29/h9-19,22,30H,8,20-21H2,1-7H3,(H,33,37)/t30-/m0/s1. The van der Waals surface area contributed by atoms with Crippen molar-refractivity contribution in [3.8, 4) is 5.75 Å². The van der Waals surface area contributed by atoms with E-state index in [1.807, 2.05) is 59.7 Å². The van der Waals surface area contributed by atoms with Gasteiger partial charge >= 0.3 is 0 Å². The first-order valence-corrected chi connectivity index (χ1v) is 15.2. The Kier molecular flexibility index (Phi) is 10.6. The zero-order valence-corrected chi connectivity index (χ0v) is 25.8. The molecule has 8 nitrogen and oxygen atoms in total. The third kappa shape index (κ3) is 8.10. The number of rotatable bonds is 12. The Bertz CT molecular complexity index is 1450. The van der Waals surface area contributed by atoms with E-state index in [9.17, 15) is 18.0 Å². The van der Waals surface area contributed by atoms with Crippen LogP contribution in [0, 0.1) is 20.8 Å². The van der Waals surface area contributed by atoms with Gasteiger partial charge in [-0.15, -0.1) is 0 Å². The highest BCUT2D eigenvalue weighted by Crippen LogP contribution is 2.27. The van der Waals surface area contributed by atoms with E-state index >= 15 is 0 Å². The van der Waals surface area contributed by atoms with Crippen LogP contribution in [0.3, 0.4) is 0 Å². The molecule has 0 radical (unpaired) electrons. The minimum atomic E-state index is -4.12. The van der Waals surface area contributed by atoms with Crippen molar-refractivity contribution < 1.29 is 22.7 Å². The number of hydrogen-bond donors (Lipinski definition) is 1. The zero-order chi connectivity index (χ0) is 30.3. The van der Waals surface area contributed by atoms with Crippen LogP contribution in [-0.4, -0.2) is 50.9 Å². The number of amides is 2. The Balaban J connectivity index is 2.10. The number of aryl methyl sites for hydroxylation is 3. The molecule has 0 saturated heterocycles. The minimum absolute atomic E-state index is 0.0824. The highest BCUT2D eigenvalue weighted by molar-refractivity contribution is 7.92. The summed E-state index contributed by atoms with van der Waals surface area (Å²) in [5, 5.41) is 2.91. The third-order valence-corrected chi connectivity index (χ3v) is 8.47. The predicted octanol–water partition coefficient (Wildman–Crippen LogP) is 5.15. The first-order valence-electron chi connectivity index (χ1n) is 13.8. The van der Waals surface area contributed by atoms with Crippen LogP contribution < -0.4 is 14.4 Å². The van der Waals surface area contributed by atoms with Gasteiger partial charge < -0.3 is 15.0 Å². The summed E-state index contributed by atoms with van der Waals surface area (Å²) < 4.78 is 34.6. The van der Waals surface area contributed by atoms with Crippen LogP contribution in [-0.2, 0) is 26.2 Å². The van der Waals surface area contributed by atoms with E-state index in [4.69, 9.17) is 4.74 Å². The average molecular weight is 580 g/mol. The van der Waals surface area contributed by atoms with Crippen molar-refractivity contribution in [1.82, 2.24) is 10.2 Å². The van der Waals surface area contributed by atoms with E-state index in [2.05, 4.69) is 5.32 Å².